The number of nitrogens with zero attached hydrogens (tertiary/aromatic N) is 2. The number of aryl methyl sites for hydroxylation is 1. The first kappa shape index (κ1) is 14.7. The number of hydrogen-bond acceptors (Lipinski definition) is 4. The molecule has 7 heteroatoms. The van der Waals surface area contributed by atoms with Crippen LogP contribution in [0.3, 0.4) is 0 Å². The molecule has 1 N–H and O–H groups in total. The molecule has 0 unspecified atom stereocenters. The molecular weight excluding hydrogens is 348 g/mol. The predicted molar refractivity (Wildman–Crippen MR) is 77.7 cm³/mol. The molecule has 2 aromatic rings. The molecule has 0 radical (unpaired) electrons. The molecule has 0 bridgehead atoms. The van der Waals surface area contributed by atoms with Gasteiger partial charge in [-0.15, -0.1) is 5.10 Å². The summed E-state index contributed by atoms with van der Waals surface area (Å²) < 4.78 is 6.26. The minimum absolute atomic E-state index is 0.0199. The van der Waals surface area contributed by atoms with Crippen LogP contribution in [0.4, 0.5) is 0 Å². The average Bonchev–Trinajstić information content (AvgIpc) is 2.38. The maximum absolute atomic E-state index is 11.3. The number of carboxylic acid groups (broad SMARTS) is 1. The molecule has 0 saturated carbocycles. The summed E-state index contributed by atoms with van der Waals surface area (Å²) in [7, 11) is 0. The van der Waals surface area contributed by atoms with Crippen LogP contribution in [0.15, 0.2) is 22.7 Å². The van der Waals surface area contributed by atoms with Crippen LogP contribution < -0.4 is 4.74 Å². The summed E-state index contributed by atoms with van der Waals surface area (Å²) in [5.74, 6) is -0.900. The first-order valence-electron chi connectivity index (χ1n) is 5.60. The number of hydrogen-bond donors (Lipinski definition) is 1. The van der Waals surface area contributed by atoms with Gasteiger partial charge in [-0.1, -0.05) is 27.5 Å². The Kier molecular flexibility index (Phi) is 4.25. The van der Waals surface area contributed by atoms with Crippen molar-refractivity contribution < 1.29 is 14.6 Å². The van der Waals surface area contributed by atoms with E-state index in [1.165, 1.54) is 0 Å². The molecule has 1 heterocycles. The van der Waals surface area contributed by atoms with E-state index < -0.39 is 5.97 Å². The van der Waals surface area contributed by atoms with Crippen LogP contribution >= 0.6 is 27.5 Å². The van der Waals surface area contributed by atoms with Gasteiger partial charge < -0.3 is 9.84 Å². The summed E-state index contributed by atoms with van der Waals surface area (Å²) in [4.78, 5) is 11.3. The zero-order chi connectivity index (χ0) is 14.9. The van der Waals surface area contributed by atoms with Gasteiger partial charge in [-0.2, -0.15) is 5.10 Å². The molecule has 0 aliphatic heterocycles. The maximum Gasteiger partial charge on any atom is 0.341 e. The highest BCUT2D eigenvalue weighted by Crippen LogP contribution is 2.33. The van der Waals surface area contributed by atoms with E-state index in [0.29, 0.717) is 22.0 Å². The molecular formula is C13H10BrClN2O3. The highest BCUT2D eigenvalue weighted by atomic mass is 79.9. The second-order valence-corrected chi connectivity index (χ2v) is 5.40. The van der Waals surface area contributed by atoms with E-state index in [1.54, 1.807) is 32.0 Å². The molecule has 0 aliphatic carbocycles. The fourth-order valence-electron chi connectivity index (χ4n) is 1.57. The van der Waals surface area contributed by atoms with Gasteiger partial charge >= 0.3 is 5.97 Å². The van der Waals surface area contributed by atoms with Crippen molar-refractivity contribution in [2.45, 2.75) is 13.8 Å². The lowest BCUT2D eigenvalue weighted by molar-refractivity contribution is 0.0692. The zero-order valence-corrected chi connectivity index (χ0v) is 13.0. The maximum atomic E-state index is 11.3. The van der Waals surface area contributed by atoms with Crippen molar-refractivity contribution in [2.24, 2.45) is 0 Å². The summed E-state index contributed by atoms with van der Waals surface area (Å²) in [6.45, 7) is 3.34. The summed E-state index contributed by atoms with van der Waals surface area (Å²) >= 11 is 9.30. The fraction of sp³-hybridized carbons (Fsp3) is 0.154. The van der Waals surface area contributed by atoms with Crippen LogP contribution in [-0.2, 0) is 0 Å². The summed E-state index contributed by atoms with van der Waals surface area (Å²) in [6.07, 6.45) is 0. The third-order valence-corrected chi connectivity index (χ3v) is 3.54. The van der Waals surface area contributed by atoms with Crippen LogP contribution in [-0.4, -0.2) is 21.3 Å². The summed E-state index contributed by atoms with van der Waals surface area (Å²) in [5.41, 5.74) is 1.03. The molecule has 0 saturated heterocycles. The lowest BCUT2D eigenvalue weighted by Crippen LogP contribution is -2.08. The fourth-order valence-corrected chi connectivity index (χ4v) is 2.07. The van der Waals surface area contributed by atoms with E-state index in [1.807, 2.05) is 0 Å². The topological polar surface area (TPSA) is 72.3 Å². The minimum Gasteiger partial charge on any atom is -0.477 e. The van der Waals surface area contributed by atoms with Crippen LogP contribution in [0, 0.1) is 13.8 Å². The zero-order valence-electron chi connectivity index (χ0n) is 10.6. The number of aromatic nitrogens is 2. The lowest BCUT2D eigenvalue weighted by atomic mass is 10.1. The van der Waals surface area contributed by atoms with Crippen molar-refractivity contribution in [3.63, 3.8) is 0 Å². The Hall–Kier alpha value is -1.66. The molecule has 1 aromatic carbocycles. The van der Waals surface area contributed by atoms with Gasteiger partial charge in [0.05, 0.1) is 10.7 Å². The molecule has 0 amide bonds. The molecule has 0 fully saturated rings. The molecule has 5 nitrogen and oxygen atoms in total. The minimum atomic E-state index is -1.12. The largest absolute Gasteiger partial charge is 0.477 e. The number of carboxylic acids is 1. The van der Waals surface area contributed by atoms with Crippen LogP contribution in [0.2, 0.25) is 5.02 Å². The van der Waals surface area contributed by atoms with Gasteiger partial charge in [-0.05, 0) is 37.6 Å². The van der Waals surface area contributed by atoms with Crippen molar-refractivity contribution in [1.82, 2.24) is 10.2 Å². The van der Waals surface area contributed by atoms with Gasteiger partial charge in [0.15, 0.2) is 0 Å². The number of ether oxygens (including phenoxy) is 1. The summed E-state index contributed by atoms with van der Waals surface area (Å²) in [5, 5.41) is 17.3. The third-order valence-electron chi connectivity index (χ3n) is 2.74. The summed E-state index contributed by atoms with van der Waals surface area (Å²) in [6, 6.07) is 5.01. The van der Waals surface area contributed by atoms with Crippen LogP contribution in [0.1, 0.15) is 21.6 Å². The lowest BCUT2D eigenvalue weighted by Gasteiger charge is -2.11. The number of aromatic carboxylic acids is 1. The smallest absolute Gasteiger partial charge is 0.341 e. The number of carbonyl (C=O) groups is 1. The van der Waals surface area contributed by atoms with E-state index in [0.717, 1.165) is 4.47 Å². The van der Waals surface area contributed by atoms with Crippen LogP contribution in [0.5, 0.6) is 11.6 Å². The Labute approximate surface area is 128 Å². The molecule has 20 heavy (non-hydrogen) atoms. The highest BCUT2D eigenvalue weighted by molar-refractivity contribution is 9.10. The Bertz CT molecular complexity index is 692. The van der Waals surface area contributed by atoms with E-state index >= 15 is 0 Å². The Morgan fingerprint density at radius 3 is 2.70 bits per heavy atom. The average molecular weight is 358 g/mol. The Balaban J connectivity index is 2.51. The van der Waals surface area contributed by atoms with Gasteiger partial charge in [-0.3, -0.25) is 0 Å². The molecule has 104 valence electrons. The SMILES string of the molecule is Cc1nnc(Oc2cc(Br)ccc2Cl)c(C(=O)O)c1C. The van der Waals surface area contributed by atoms with Gasteiger partial charge in [0, 0.05) is 4.47 Å². The number of rotatable bonds is 3. The van der Waals surface area contributed by atoms with E-state index in [9.17, 15) is 9.90 Å². The van der Waals surface area contributed by atoms with Gasteiger partial charge in [0.1, 0.15) is 11.3 Å². The third kappa shape index (κ3) is 2.91. The molecule has 0 atom stereocenters. The van der Waals surface area contributed by atoms with Crippen molar-refractivity contribution >= 4 is 33.5 Å². The predicted octanol–water partition coefficient (Wildman–Crippen LogP) is 4.00. The van der Waals surface area contributed by atoms with Gasteiger partial charge in [0.2, 0.25) is 0 Å². The number of benzene rings is 1. The van der Waals surface area contributed by atoms with E-state index in [2.05, 4.69) is 26.1 Å². The van der Waals surface area contributed by atoms with Crippen molar-refractivity contribution in [3.05, 3.63) is 44.5 Å². The second-order valence-electron chi connectivity index (χ2n) is 4.07. The highest BCUT2D eigenvalue weighted by Gasteiger charge is 2.20. The second kappa shape index (κ2) is 5.76. The van der Waals surface area contributed by atoms with Gasteiger partial charge in [0.25, 0.3) is 5.88 Å². The Morgan fingerprint density at radius 2 is 2.05 bits per heavy atom. The monoisotopic (exact) mass is 356 g/mol. The quantitative estimate of drug-likeness (QED) is 0.899. The van der Waals surface area contributed by atoms with E-state index in [4.69, 9.17) is 16.3 Å². The Morgan fingerprint density at radius 1 is 1.35 bits per heavy atom. The number of halogens is 2. The molecule has 0 spiro atoms. The molecule has 0 aliphatic rings. The first-order valence-corrected chi connectivity index (χ1v) is 6.77. The van der Waals surface area contributed by atoms with Crippen molar-refractivity contribution in [1.29, 1.82) is 0 Å². The van der Waals surface area contributed by atoms with Crippen molar-refractivity contribution in [3.8, 4) is 11.6 Å². The van der Waals surface area contributed by atoms with Crippen molar-refractivity contribution in [2.75, 3.05) is 0 Å². The van der Waals surface area contributed by atoms with E-state index in [-0.39, 0.29) is 11.4 Å². The first-order chi connectivity index (χ1) is 9.40. The standard InChI is InChI=1S/C13H10BrClN2O3/c1-6-7(2)16-17-12(11(6)13(18)19)20-10-5-8(14)3-4-9(10)15/h3-5H,1-2H3,(H,18,19). The normalized spacial score (nSPS) is 10.4. The van der Waals surface area contributed by atoms with Crippen LogP contribution in [0.25, 0.3) is 0 Å². The molecule has 1 aromatic heterocycles. The molecule has 2 rings (SSSR count). The van der Waals surface area contributed by atoms with Gasteiger partial charge in [-0.25, -0.2) is 4.79 Å².